The first-order valence-corrected chi connectivity index (χ1v) is 8.24. The lowest BCUT2D eigenvalue weighted by Gasteiger charge is -2.08. The molecule has 0 bridgehead atoms. The highest BCUT2D eigenvalue weighted by atomic mass is 16.5. The lowest BCUT2D eigenvalue weighted by atomic mass is 10.1. The number of imide groups is 1. The van der Waals surface area contributed by atoms with Crippen molar-refractivity contribution >= 4 is 23.4 Å². The van der Waals surface area contributed by atoms with Gasteiger partial charge in [-0.25, -0.2) is 0 Å². The predicted molar refractivity (Wildman–Crippen MR) is 99.1 cm³/mol. The summed E-state index contributed by atoms with van der Waals surface area (Å²) in [5.41, 5.74) is 1.36. The van der Waals surface area contributed by atoms with E-state index in [0.29, 0.717) is 17.0 Å². The van der Waals surface area contributed by atoms with Crippen molar-refractivity contribution < 1.29 is 19.1 Å². The molecule has 1 heterocycles. The molecule has 0 spiro atoms. The van der Waals surface area contributed by atoms with E-state index in [1.807, 2.05) is 30.3 Å². The van der Waals surface area contributed by atoms with Crippen LogP contribution in [0.1, 0.15) is 31.1 Å². The number of hydrogen-bond acceptors (Lipinski definition) is 4. The van der Waals surface area contributed by atoms with E-state index in [1.165, 1.54) is 18.2 Å². The molecule has 0 atom stereocenters. The maximum atomic E-state index is 12.4. The highest BCUT2D eigenvalue weighted by Gasteiger charge is 2.27. The molecule has 6 nitrogen and oxygen atoms in total. The summed E-state index contributed by atoms with van der Waals surface area (Å²) in [5.74, 6) is 0.0527. The summed E-state index contributed by atoms with van der Waals surface area (Å²) in [4.78, 5) is 35.7. The van der Waals surface area contributed by atoms with Crippen molar-refractivity contribution in [3.05, 3.63) is 89.5 Å². The van der Waals surface area contributed by atoms with E-state index in [-0.39, 0.29) is 17.0 Å². The monoisotopic (exact) mass is 358 g/mol. The Hall–Kier alpha value is -3.93. The van der Waals surface area contributed by atoms with Crippen LogP contribution in [0, 0.1) is 0 Å². The fourth-order valence-electron chi connectivity index (χ4n) is 2.74. The Morgan fingerprint density at radius 3 is 2.19 bits per heavy atom. The molecule has 0 fully saturated rings. The Labute approximate surface area is 154 Å². The molecule has 3 aromatic rings. The number of anilines is 1. The van der Waals surface area contributed by atoms with E-state index >= 15 is 0 Å². The smallest absolute Gasteiger partial charge is 0.258 e. The number of para-hydroxylation sites is 1. The number of fused-ring (bicyclic) bond motifs is 1. The van der Waals surface area contributed by atoms with Gasteiger partial charge >= 0.3 is 0 Å². The number of nitrogens with one attached hydrogen (secondary N) is 2. The first kappa shape index (κ1) is 16.5. The number of carbonyl (C=O) groups excluding carboxylic acids is 3. The molecule has 3 amide bonds. The van der Waals surface area contributed by atoms with Gasteiger partial charge in [-0.15, -0.1) is 0 Å². The maximum absolute atomic E-state index is 12.4. The second-order valence-electron chi connectivity index (χ2n) is 5.94. The zero-order valence-electron chi connectivity index (χ0n) is 14.1. The van der Waals surface area contributed by atoms with Gasteiger partial charge in [-0.1, -0.05) is 18.2 Å². The van der Waals surface area contributed by atoms with Crippen molar-refractivity contribution in [3.63, 3.8) is 0 Å². The Kier molecular flexibility index (Phi) is 4.14. The van der Waals surface area contributed by atoms with E-state index in [9.17, 15) is 14.4 Å². The summed E-state index contributed by atoms with van der Waals surface area (Å²) in [6.07, 6.45) is 0. The molecule has 1 aliphatic heterocycles. The summed E-state index contributed by atoms with van der Waals surface area (Å²) in [6, 6.07) is 20.7. The third kappa shape index (κ3) is 3.41. The first-order chi connectivity index (χ1) is 13.1. The quantitative estimate of drug-likeness (QED) is 0.698. The topological polar surface area (TPSA) is 84.5 Å². The first-order valence-electron chi connectivity index (χ1n) is 8.24. The van der Waals surface area contributed by atoms with Gasteiger partial charge in [0.05, 0.1) is 11.1 Å². The van der Waals surface area contributed by atoms with Crippen LogP contribution in [0.15, 0.2) is 72.8 Å². The predicted octanol–water partition coefficient (Wildman–Crippen LogP) is 3.61. The molecule has 0 unspecified atom stereocenters. The Balaban J connectivity index is 1.46. The number of amides is 3. The number of benzene rings is 3. The molecule has 2 N–H and O–H groups in total. The minimum absolute atomic E-state index is 0.208. The van der Waals surface area contributed by atoms with Crippen molar-refractivity contribution in [1.29, 1.82) is 0 Å². The van der Waals surface area contributed by atoms with E-state index < -0.39 is 11.8 Å². The van der Waals surface area contributed by atoms with Crippen LogP contribution in [-0.4, -0.2) is 17.7 Å². The van der Waals surface area contributed by atoms with E-state index in [2.05, 4.69) is 10.6 Å². The molecule has 27 heavy (non-hydrogen) atoms. The second-order valence-corrected chi connectivity index (χ2v) is 5.94. The molecular weight excluding hydrogens is 344 g/mol. The lowest BCUT2D eigenvalue weighted by molar-refractivity contribution is 0.0879. The Morgan fingerprint density at radius 2 is 1.44 bits per heavy atom. The Morgan fingerprint density at radius 1 is 0.778 bits per heavy atom. The fourth-order valence-corrected chi connectivity index (χ4v) is 2.74. The molecule has 3 aromatic carbocycles. The third-order valence-electron chi connectivity index (χ3n) is 4.09. The average Bonchev–Trinajstić information content (AvgIpc) is 2.97. The standard InChI is InChI=1S/C21H14N2O4/c24-19(13-6-11-17-18(12-13)21(26)23-20(17)25)22-14-7-9-16(10-8-14)27-15-4-2-1-3-5-15/h1-12H,(H,22,24)(H,23,25,26). The van der Waals surface area contributed by atoms with E-state index in [1.54, 1.807) is 24.3 Å². The van der Waals surface area contributed by atoms with Gasteiger partial charge in [0.25, 0.3) is 17.7 Å². The van der Waals surface area contributed by atoms with Gasteiger partial charge in [-0.2, -0.15) is 0 Å². The molecule has 132 valence electrons. The number of carbonyl (C=O) groups is 3. The van der Waals surface area contributed by atoms with Gasteiger partial charge in [-0.05, 0) is 54.6 Å². The minimum atomic E-state index is -0.493. The lowest BCUT2D eigenvalue weighted by Crippen LogP contribution is -2.19. The van der Waals surface area contributed by atoms with Crippen LogP contribution < -0.4 is 15.4 Å². The van der Waals surface area contributed by atoms with Gasteiger partial charge in [-0.3, -0.25) is 19.7 Å². The van der Waals surface area contributed by atoms with Crippen LogP contribution in [0.5, 0.6) is 11.5 Å². The molecule has 0 radical (unpaired) electrons. The van der Waals surface area contributed by atoms with Gasteiger partial charge < -0.3 is 10.1 Å². The van der Waals surface area contributed by atoms with Gasteiger partial charge in [0.15, 0.2) is 0 Å². The summed E-state index contributed by atoms with van der Waals surface area (Å²) in [7, 11) is 0. The van der Waals surface area contributed by atoms with Crippen LogP contribution in [0.3, 0.4) is 0 Å². The zero-order chi connectivity index (χ0) is 18.8. The van der Waals surface area contributed by atoms with Gasteiger partial charge in [0.2, 0.25) is 0 Å². The van der Waals surface area contributed by atoms with Gasteiger partial charge in [0.1, 0.15) is 11.5 Å². The summed E-state index contributed by atoms with van der Waals surface area (Å²) in [5, 5.41) is 4.96. The summed E-state index contributed by atoms with van der Waals surface area (Å²) < 4.78 is 5.71. The molecule has 0 saturated carbocycles. The van der Waals surface area contributed by atoms with Crippen LogP contribution in [0.25, 0.3) is 0 Å². The molecule has 1 aliphatic rings. The van der Waals surface area contributed by atoms with Crippen LogP contribution >= 0.6 is 0 Å². The second kappa shape index (κ2) is 6.76. The SMILES string of the molecule is O=C(Nc1ccc(Oc2ccccc2)cc1)c1ccc2c(c1)C(=O)NC2=O. The van der Waals surface area contributed by atoms with E-state index in [4.69, 9.17) is 4.74 Å². The fraction of sp³-hybridized carbons (Fsp3) is 0. The van der Waals surface area contributed by atoms with Crippen molar-refractivity contribution in [2.45, 2.75) is 0 Å². The normalized spacial score (nSPS) is 12.3. The number of rotatable bonds is 4. The van der Waals surface area contributed by atoms with E-state index in [0.717, 1.165) is 5.75 Å². The molecule has 0 aromatic heterocycles. The summed E-state index contributed by atoms with van der Waals surface area (Å²) >= 11 is 0. The molecule has 6 heteroatoms. The number of ether oxygens (including phenoxy) is 1. The maximum Gasteiger partial charge on any atom is 0.258 e. The largest absolute Gasteiger partial charge is 0.457 e. The minimum Gasteiger partial charge on any atom is -0.457 e. The van der Waals surface area contributed by atoms with Crippen LogP contribution in [0.4, 0.5) is 5.69 Å². The van der Waals surface area contributed by atoms with Crippen LogP contribution in [-0.2, 0) is 0 Å². The highest BCUT2D eigenvalue weighted by Crippen LogP contribution is 2.23. The molecule has 0 saturated heterocycles. The van der Waals surface area contributed by atoms with Crippen molar-refractivity contribution in [1.82, 2.24) is 5.32 Å². The zero-order valence-corrected chi connectivity index (χ0v) is 14.1. The van der Waals surface area contributed by atoms with Crippen molar-refractivity contribution in [2.24, 2.45) is 0 Å². The number of hydrogen-bond donors (Lipinski definition) is 2. The molecule has 0 aliphatic carbocycles. The average molecular weight is 358 g/mol. The third-order valence-corrected chi connectivity index (χ3v) is 4.09. The van der Waals surface area contributed by atoms with Crippen molar-refractivity contribution in [3.8, 4) is 11.5 Å². The highest BCUT2D eigenvalue weighted by molar-refractivity contribution is 6.22. The van der Waals surface area contributed by atoms with Crippen LogP contribution in [0.2, 0.25) is 0 Å². The Bertz CT molecular complexity index is 1040. The molecule has 4 rings (SSSR count). The van der Waals surface area contributed by atoms with Crippen molar-refractivity contribution in [2.75, 3.05) is 5.32 Å². The summed E-state index contributed by atoms with van der Waals surface area (Å²) in [6.45, 7) is 0. The van der Waals surface area contributed by atoms with Gasteiger partial charge in [0, 0.05) is 11.3 Å². The molecular formula is C21H14N2O4.